The second-order valence-corrected chi connectivity index (χ2v) is 2.60. The minimum absolute atomic E-state index is 0.370. The maximum atomic E-state index is 12.8. The van der Waals surface area contributed by atoms with Crippen LogP contribution in [0.1, 0.15) is 17.8 Å². The van der Waals surface area contributed by atoms with E-state index >= 15 is 0 Å². The molecule has 1 heterocycles. The fourth-order valence-corrected chi connectivity index (χ4v) is 0.869. The summed E-state index contributed by atoms with van der Waals surface area (Å²) in [5.41, 5.74) is 0.564. The highest BCUT2D eigenvalue weighted by Gasteiger charge is 2.38. The van der Waals surface area contributed by atoms with Crippen molar-refractivity contribution >= 4 is 5.69 Å². The Bertz CT molecular complexity index is 372. The van der Waals surface area contributed by atoms with Gasteiger partial charge in [0.1, 0.15) is 5.69 Å². The van der Waals surface area contributed by atoms with E-state index in [0.29, 0.717) is 6.07 Å². The average Bonchev–Trinajstić information content (AvgIpc) is 2.06. The number of nitrogens with two attached hydrogens (primary N) is 1. The SMILES string of the molecule is Nc1cc(C(F)F)nc(C(F)(F)F)c1F. The van der Waals surface area contributed by atoms with E-state index in [1.165, 1.54) is 0 Å². The molecule has 0 amide bonds. The Morgan fingerprint density at radius 2 is 1.80 bits per heavy atom. The molecule has 0 saturated carbocycles. The Morgan fingerprint density at radius 1 is 1.27 bits per heavy atom. The molecule has 1 rings (SSSR count). The normalized spacial score (nSPS) is 12.2. The van der Waals surface area contributed by atoms with E-state index in [1.807, 2.05) is 0 Å². The van der Waals surface area contributed by atoms with Crippen molar-refractivity contribution in [1.82, 2.24) is 4.98 Å². The van der Waals surface area contributed by atoms with E-state index in [9.17, 15) is 26.3 Å². The van der Waals surface area contributed by atoms with Crippen LogP contribution < -0.4 is 5.73 Å². The summed E-state index contributed by atoms with van der Waals surface area (Å²) in [5, 5.41) is 0. The van der Waals surface area contributed by atoms with Gasteiger partial charge in [-0.3, -0.25) is 0 Å². The molecule has 0 unspecified atom stereocenters. The molecule has 0 aliphatic rings. The zero-order valence-electron chi connectivity index (χ0n) is 6.95. The van der Waals surface area contributed by atoms with Crippen molar-refractivity contribution in [1.29, 1.82) is 0 Å². The third-order valence-corrected chi connectivity index (χ3v) is 1.50. The van der Waals surface area contributed by atoms with Crippen molar-refractivity contribution in [2.75, 3.05) is 5.73 Å². The van der Waals surface area contributed by atoms with Gasteiger partial charge in [0.05, 0.1) is 5.69 Å². The summed E-state index contributed by atoms with van der Waals surface area (Å²) in [6.45, 7) is 0. The maximum absolute atomic E-state index is 12.8. The summed E-state index contributed by atoms with van der Waals surface area (Å²) in [7, 11) is 0. The molecule has 8 heteroatoms. The molecule has 0 atom stereocenters. The minimum Gasteiger partial charge on any atom is -0.396 e. The van der Waals surface area contributed by atoms with Gasteiger partial charge in [-0.2, -0.15) is 13.2 Å². The van der Waals surface area contributed by atoms with Crippen LogP contribution in [0.2, 0.25) is 0 Å². The Kier molecular flexibility index (Phi) is 2.78. The van der Waals surface area contributed by atoms with Gasteiger partial charge in [0.2, 0.25) is 0 Å². The Hall–Kier alpha value is -1.47. The zero-order chi connectivity index (χ0) is 11.8. The van der Waals surface area contributed by atoms with Gasteiger partial charge >= 0.3 is 6.18 Å². The van der Waals surface area contributed by atoms with Gasteiger partial charge in [0, 0.05) is 0 Å². The van der Waals surface area contributed by atoms with Gasteiger partial charge in [-0.05, 0) is 6.07 Å². The van der Waals surface area contributed by atoms with Crippen LogP contribution in [0.3, 0.4) is 0 Å². The van der Waals surface area contributed by atoms with Gasteiger partial charge in [0.15, 0.2) is 11.5 Å². The van der Waals surface area contributed by atoms with Crippen LogP contribution in [0.5, 0.6) is 0 Å². The highest BCUT2D eigenvalue weighted by molar-refractivity contribution is 5.43. The standard InChI is InChI=1S/C7H4F6N2/c8-4-2(14)1-3(6(9)10)15-5(4)7(11,12)13/h1,6H,(H2,14,15). The van der Waals surface area contributed by atoms with Crippen LogP contribution in [0.15, 0.2) is 6.07 Å². The predicted octanol–water partition coefficient (Wildman–Crippen LogP) is 2.76. The van der Waals surface area contributed by atoms with Crippen LogP contribution in [-0.4, -0.2) is 4.98 Å². The average molecular weight is 230 g/mol. The first-order chi connectivity index (χ1) is 6.73. The van der Waals surface area contributed by atoms with Crippen molar-refractivity contribution in [3.8, 4) is 0 Å². The number of rotatable bonds is 1. The molecule has 0 aliphatic heterocycles. The summed E-state index contributed by atoms with van der Waals surface area (Å²) in [6, 6.07) is 0.370. The molecule has 2 nitrogen and oxygen atoms in total. The van der Waals surface area contributed by atoms with Crippen molar-refractivity contribution < 1.29 is 26.3 Å². The first-order valence-electron chi connectivity index (χ1n) is 3.54. The number of hydrogen-bond acceptors (Lipinski definition) is 2. The lowest BCUT2D eigenvalue weighted by Crippen LogP contribution is -2.14. The third-order valence-electron chi connectivity index (χ3n) is 1.50. The van der Waals surface area contributed by atoms with E-state index < -0.39 is 35.5 Å². The van der Waals surface area contributed by atoms with Crippen LogP contribution in [0.4, 0.5) is 32.0 Å². The van der Waals surface area contributed by atoms with Gasteiger partial charge in [0.25, 0.3) is 6.43 Å². The molecule has 84 valence electrons. The van der Waals surface area contributed by atoms with Gasteiger partial charge < -0.3 is 5.73 Å². The van der Waals surface area contributed by atoms with E-state index in [2.05, 4.69) is 4.98 Å². The lowest BCUT2D eigenvalue weighted by molar-refractivity contribution is -0.143. The fraction of sp³-hybridized carbons (Fsp3) is 0.286. The molecule has 1 aromatic rings. The third kappa shape index (κ3) is 2.31. The van der Waals surface area contributed by atoms with Crippen molar-refractivity contribution in [3.63, 3.8) is 0 Å². The Labute approximate surface area is 79.7 Å². The first kappa shape index (κ1) is 11.6. The fourth-order valence-electron chi connectivity index (χ4n) is 0.869. The van der Waals surface area contributed by atoms with Gasteiger partial charge in [-0.1, -0.05) is 0 Å². The molecule has 0 bridgehead atoms. The number of hydrogen-bond donors (Lipinski definition) is 1. The molecular weight excluding hydrogens is 226 g/mol. The number of anilines is 1. The number of alkyl halides is 5. The molecule has 0 saturated heterocycles. The minimum atomic E-state index is -5.15. The van der Waals surface area contributed by atoms with Crippen molar-refractivity contribution in [2.24, 2.45) is 0 Å². The molecule has 0 fully saturated rings. The molecule has 15 heavy (non-hydrogen) atoms. The molecule has 2 N–H and O–H groups in total. The molecule has 0 spiro atoms. The highest BCUT2D eigenvalue weighted by Crippen LogP contribution is 2.33. The second-order valence-electron chi connectivity index (χ2n) is 2.60. The number of pyridine rings is 1. The van der Waals surface area contributed by atoms with Gasteiger partial charge in [-0.15, -0.1) is 0 Å². The maximum Gasteiger partial charge on any atom is 0.436 e. The largest absolute Gasteiger partial charge is 0.436 e. The first-order valence-corrected chi connectivity index (χ1v) is 3.54. The van der Waals surface area contributed by atoms with E-state index in [0.717, 1.165) is 0 Å². The monoisotopic (exact) mass is 230 g/mol. The number of nitrogen functional groups attached to an aromatic ring is 1. The molecular formula is C7H4F6N2. The van der Waals surface area contributed by atoms with Crippen LogP contribution in [0.25, 0.3) is 0 Å². The molecule has 0 aliphatic carbocycles. The topological polar surface area (TPSA) is 38.9 Å². The summed E-state index contributed by atoms with van der Waals surface area (Å²) < 4.78 is 73.1. The molecule has 0 aromatic carbocycles. The Morgan fingerprint density at radius 3 is 2.20 bits per heavy atom. The molecule has 0 radical (unpaired) electrons. The van der Waals surface area contributed by atoms with Crippen molar-refractivity contribution in [3.05, 3.63) is 23.3 Å². The lowest BCUT2D eigenvalue weighted by Gasteiger charge is -2.10. The van der Waals surface area contributed by atoms with E-state index in [4.69, 9.17) is 5.73 Å². The number of aromatic nitrogens is 1. The van der Waals surface area contributed by atoms with E-state index in [-0.39, 0.29) is 0 Å². The second kappa shape index (κ2) is 3.59. The summed E-state index contributed by atoms with van der Waals surface area (Å²) >= 11 is 0. The van der Waals surface area contributed by atoms with Crippen LogP contribution in [0, 0.1) is 5.82 Å². The van der Waals surface area contributed by atoms with Crippen LogP contribution in [-0.2, 0) is 6.18 Å². The number of halogens is 6. The number of nitrogens with zero attached hydrogens (tertiary/aromatic N) is 1. The lowest BCUT2D eigenvalue weighted by atomic mass is 10.2. The Balaban J connectivity index is 3.38. The van der Waals surface area contributed by atoms with Crippen LogP contribution >= 0.6 is 0 Å². The predicted molar refractivity (Wildman–Crippen MR) is 38.6 cm³/mol. The van der Waals surface area contributed by atoms with Crippen molar-refractivity contribution in [2.45, 2.75) is 12.6 Å². The summed E-state index contributed by atoms with van der Waals surface area (Å²) in [6.07, 6.45) is -8.39. The van der Waals surface area contributed by atoms with Gasteiger partial charge in [-0.25, -0.2) is 18.2 Å². The smallest absolute Gasteiger partial charge is 0.396 e. The highest BCUT2D eigenvalue weighted by atomic mass is 19.4. The quantitative estimate of drug-likeness (QED) is 0.753. The summed E-state index contributed by atoms with van der Waals surface area (Å²) in [4.78, 5) is 2.47. The zero-order valence-corrected chi connectivity index (χ0v) is 6.95. The summed E-state index contributed by atoms with van der Waals surface area (Å²) in [5.74, 6) is -1.84. The van der Waals surface area contributed by atoms with E-state index in [1.54, 1.807) is 0 Å². The molecule has 1 aromatic heterocycles.